The molecule has 2 aromatic heterocycles. The van der Waals surface area contributed by atoms with Gasteiger partial charge in [-0.1, -0.05) is 0 Å². The molecule has 0 saturated carbocycles. The van der Waals surface area contributed by atoms with Crippen LogP contribution >= 0.6 is 27.3 Å². The van der Waals surface area contributed by atoms with Crippen LogP contribution < -0.4 is 10.5 Å². The highest BCUT2D eigenvalue weighted by Crippen LogP contribution is 2.31. The van der Waals surface area contributed by atoms with E-state index in [2.05, 4.69) is 25.9 Å². The molecular formula is C10H10BrN3OS. The number of ether oxygens (including phenoxy) is 1. The number of hydrogen-bond acceptors (Lipinski definition) is 5. The minimum Gasteiger partial charge on any atom is -0.481 e. The molecule has 0 fully saturated rings. The highest BCUT2D eigenvalue weighted by molar-refractivity contribution is 9.10. The van der Waals surface area contributed by atoms with E-state index in [0.29, 0.717) is 5.88 Å². The number of nitrogens with two attached hydrogens (primary N) is 1. The van der Waals surface area contributed by atoms with Crippen molar-refractivity contribution >= 4 is 27.3 Å². The minimum absolute atomic E-state index is 0.258. The second-order valence-electron chi connectivity index (χ2n) is 3.10. The molecule has 0 aromatic carbocycles. The van der Waals surface area contributed by atoms with Crippen molar-refractivity contribution in [3.05, 3.63) is 38.9 Å². The summed E-state index contributed by atoms with van der Waals surface area (Å²) in [6.45, 7) is 0. The lowest BCUT2D eigenvalue weighted by atomic mass is 10.2. The topological polar surface area (TPSA) is 61.0 Å². The van der Waals surface area contributed by atoms with Crippen molar-refractivity contribution in [2.45, 2.75) is 6.04 Å². The molecule has 0 radical (unpaired) electrons. The number of methoxy groups -OCH3 is 1. The number of aromatic nitrogens is 2. The fourth-order valence-electron chi connectivity index (χ4n) is 1.30. The van der Waals surface area contributed by atoms with E-state index in [1.54, 1.807) is 24.5 Å². The van der Waals surface area contributed by atoms with Crippen molar-refractivity contribution in [1.82, 2.24) is 9.97 Å². The predicted molar refractivity (Wildman–Crippen MR) is 66.6 cm³/mol. The van der Waals surface area contributed by atoms with Crippen LogP contribution in [0.1, 0.15) is 16.6 Å². The Morgan fingerprint density at radius 3 is 2.94 bits per heavy atom. The first-order valence-electron chi connectivity index (χ1n) is 4.56. The summed E-state index contributed by atoms with van der Waals surface area (Å²) in [6.07, 6.45) is 1.45. The van der Waals surface area contributed by atoms with Gasteiger partial charge in [-0.25, -0.2) is 9.97 Å². The summed E-state index contributed by atoms with van der Waals surface area (Å²) in [7, 11) is 1.57. The summed E-state index contributed by atoms with van der Waals surface area (Å²) in [5, 5.41) is 1.98. The SMILES string of the molecule is COc1cc(C(N)c2sccc2Br)ncn1. The molecule has 84 valence electrons. The third-order valence-electron chi connectivity index (χ3n) is 2.12. The molecule has 0 aliphatic carbocycles. The molecule has 2 N–H and O–H groups in total. The van der Waals surface area contributed by atoms with Crippen molar-refractivity contribution in [2.75, 3.05) is 7.11 Å². The predicted octanol–water partition coefficient (Wildman–Crippen LogP) is 2.36. The first kappa shape index (κ1) is 11.5. The number of halogens is 1. The van der Waals surface area contributed by atoms with E-state index < -0.39 is 0 Å². The third-order valence-corrected chi connectivity index (χ3v) is 4.07. The Labute approximate surface area is 106 Å². The molecule has 2 rings (SSSR count). The largest absolute Gasteiger partial charge is 0.481 e. The van der Waals surface area contributed by atoms with Gasteiger partial charge in [0.1, 0.15) is 6.33 Å². The van der Waals surface area contributed by atoms with E-state index in [1.165, 1.54) is 6.33 Å². The van der Waals surface area contributed by atoms with Crippen LogP contribution in [0.3, 0.4) is 0 Å². The van der Waals surface area contributed by atoms with Gasteiger partial charge in [0.25, 0.3) is 0 Å². The van der Waals surface area contributed by atoms with E-state index in [1.807, 2.05) is 11.4 Å². The Kier molecular flexibility index (Phi) is 3.52. The van der Waals surface area contributed by atoms with Crippen molar-refractivity contribution in [2.24, 2.45) is 5.73 Å². The molecule has 6 heteroatoms. The zero-order valence-corrected chi connectivity index (χ0v) is 11.0. The standard InChI is InChI=1S/C10H10BrN3OS/c1-15-8-4-7(13-5-14-8)9(12)10-6(11)2-3-16-10/h2-5,9H,12H2,1H3. The number of nitrogens with zero attached hydrogens (tertiary/aromatic N) is 2. The van der Waals surface area contributed by atoms with E-state index in [-0.39, 0.29) is 6.04 Å². The maximum atomic E-state index is 6.12. The summed E-state index contributed by atoms with van der Waals surface area (Å²) < 4.78 is 6.04. The quantitative estimate of drug-likeness (QED) is 0.945. The van der Waals surface area contributed by atoms with Crippen LogP contribution in [-0.4, -0.2) is 17.1 Å². The molecule has 2 heterocycles. The average molecular weight is 300 g/mol. The fourth-order valence-corrected chi connectivity index (χ4v) is 2.93. The first-order chi connectivity index (χ1) is 7.72. The lowest BCUT2D eigenvalue weighted by Crippen LogP contribution is -2.13. The van der Waals surface area contributed by atoms with E-state index in [4.69, 9.17) is 10.5 Å². The molecule has 0 saturated heterocycles. The van der Waals surface area contributed by atoms with Gasteiger partial charge >= 0.3 is 0 Å². The molecule has 0 aliphatic heterocycles. The van der Waals surface area contributed by atoms with Crippen molar-refractivity contribution in [3.63, 3.8) is 0 Å². The maximum absolute atomic E-state index is 6.12. The summed E-state index contributed by atoms with van der Waals surface area (Å²) >= 11 is 5.05. The van der Waals surface area contributed by atoms with Crippen LogP contribution in [0.4, 0.5) is 0 Å². The molecule has 1 atom stereocenters. The van der Waals surface area contributed by atoms with Crippen LogP contribution in [0.25, 0.3) is 0 Å². The third kappa shape index (κ3) is 2.23. The molecule has 2 aromatic rings. The van der Waals surface area contributed by atoms with Gasteiger partial charge in [0.05, 0.1) is 18.8 Å². The summed E-state index contributed by atoms with van der Waals surface area (Å²) in [4.78, 5) is 9.14. The van der Waals surface area contributed by atoms with E-state index in [9.17, 15) is 0 Å². The van der Waals surface area contributed by atoms with Crippen molar-refractivity contribution in [3.8, 4) is 5.88 Å². The first-order valence-corrected chi connectivity index (χ1v) is 6.24. The van der Waals surface area contributed by atoms with Gasteiger partial charge in [-0.05, 0) is 27.4 Å². The molecular weight excluding hydrogens is 290 g/mol. The minimum atomic E-state index is -0.258. The zero-order chi connectivity index (χ0) is 11.5. The van der Waals surface area contributed by atoms with E-state index >= 15 is 0 Å². The van der Waals surface area contributed by atoms with Crippen molar-refractivity contribution < 1.29 is 4.74 Å². The van der Waals surface area contributed by atoms with Gasteiger partial charge in [0.15, 0.2) is 0 Å². The Morgan fingerprint density at radius 2 is 2.31 bits per heavy atom. The van der Waals surface area contributed by atoms with Gasteiger partial charge in [-0.15, -0.1) is 11.3 Å². The summed E-state index contributed by atoms with van der Waals surface area (Å²) in [6, 6.07) is 3.46. The molecule has 1 unspecified atom stereocenters. The lowest BCUT2D eigenvalue weighted by molar-refractivity contribution is 0.395. The highest BCUT2D eigenvalue weighted by atomic mass is 79.9. The van der Waals surface area contributed by atoms with Gasteiger partial charge in [0, 0.05) is 15.4 Å². The molecule has 0 bridgehead atoms. The number of rotatable bonds is 3. The zero-order valence-electron chi connectivity index (χ0n) is 8.55. The average Bonchev–Trinajstić information content (AvgIpc) is 2.74. The Hall–Kier alpha value is -0.980. The summed E-state index contributed by atoms with van der Waals surface area (Å²) in [5.74, 6) is 0.521. The Balaban J connectivity index is 2.33. The number of hydrogen-bond donors (Lipinski definition) is 1. The van der Waals surface area contributed by atoms with Crippen molar-refractivity contribution in [1.29, 1.82) is 0 Å². The van der Waals surface area contributed by atoms with Gasteiger partial charge < -0.3 is 10.5 Å². The Bertz CT molecular complexity index is 488. The van der Waals surface area contributed by atoms with Crippen LogP contribution in [0.5, 0.6) is 5.88 Å². The number of thiophene rings is 1. The highest BCUT2D eigenvalue weighted by Gasteiger charge is 2.15. The van der Waals surface area contributed by atoms with Gasteiger partial charge in [-0.2, -0.15) is 0 Å². The van der Waals surface area contributed by atoms with Crippen LogP contribution in [-0.2, 0) is 0 Å². The molecule has 16 heavy (non-hydrogen) atoms. The molecule has 0 spiro atoms. The second kappa shape index (κ2) is 4.90. The van der Waals surface area contributed by atoms with Crippen LogP contribution in [0, 0.1) is 0 Å². The van der Waals surface area contributed by atoms with Crippen LogP contribution in [0.2, 0.25) is 0 Å². The smallest absolute Gasteiger partial charge is 0.216 e. The summed E-state index contributed by atoms with van der Waals surface area (Å²) in [5.41, 5.74) is 6.87. The molecule has 0 aliphatic rings. The molecule has 4 nitrogen and oxygen atoms in total. The monoisotopic (exact) mass is 299 g/mol. The lowest BCUT2D eigenvalue weighted by Gasteiger charge is -2.10. The van der Waals surface area contributed by atoms with Gasteiger partial charge in [-0.3, -0.25) is 0 Å². The normalized spacial score (nSPS) is 12.4. The maximum Gasteiger partial charge on any atom is 0.216 e. The Morgan fingerprint density at radius 1 is 1.50 bits per heavy atom. The fraction of sp³-hybridized carbons (Fsp3) is 0.200. The molecule has 0 amide bonds. The van der Waals surface area contributed by atoms with Crippen LogP contribution in [0.15, 0.2) is 28.3 Å². The van der Waals surface area contributed by atoms with E-state index in [0.717, 1.165) is 15.0 Å². The second-order valence-corrected chi connectivity index (χ2v) is 4.90. The van der Waals surface area contributed by atoms with Gasteiger partial charge in [0.2, 0.25) is 5.88 Å².